The van der Waals surface area contributed by atoms with E-state index in [4.69, 9.17) is 23.2 Å². The molecule has 1 aromatic carbocycles. The second-order valence-corrected chi connectivity index (χ2v) is 6.38. The molecule has 0 unspecified atom stereocenters. The van der Waals surface area contributed by atoms with Crippen molar-refractivity contribution in [2.75, 3.05) is 11.9 Å². The summed E-state index contributed by atoms with van der Waals surface area (Å²) in [5, 5.41) is 7.05. The van der Waals surface area contributed by atoms with Crippen LogP contribution < -0.4 is 10.6 Å². The first-order valence-corrected chi connectivity index (χ1v) is 8.39. The molecule has 3 nitrogen and oxygen atoms in total. The number of rotatable bonds is 4. The maximum absolute atomic E-state index is 12.0. The van der Waals surface area contributed by atoms with Crippen molar-refractivity contribution in [2.24, 2.45) is 0 Å². The van der Waals surface area contributed by atoms with Crippen molar-refractivity contribution in [3.8, 4) is 0 Å². The third-order valence-electron chi connectivity index (χ3n) is 3.88. The molecule has 1 aliphatic rings. The zero-order chi connectivity index (χ0) is 15.1. The minimum absolute atomic E-state index is 0.105. The molecule has 1 fully saturated rings. The predicted octanol–water partition coefficient (Wildman–Crippen LogP) is 4.63. The molecule has 1 aliphatic carbocycles. The molecule has 0 atom stereocenters. The van der Waals surface area contributed by atoms with Crippen molar-refractivity contribution in [1.82, 2.24) is 5.32 Å². The van der Waals surface area contributed by atoms with Gasteiger partial charge in [-0.25, -0.2) is 0 Å². The maximum Gasteiger partial charge on any atom is 0.238 e. The highest BCUT2D eigenvalue weighted by Crippen LogP contribution is 2.29. The van der Waals surface area contributed by atoms with Gasteiger partial charge in [0.1, 0.15) is 0 Å². The average Bonchev–Trinajstić information content (AvgIpc) is 2.42. The number of anilines is 1. The molecular formula is C16H22Cl2N2O. The van der Waals surface area contributed by atoms with Gasteiger partial charge in [0.2, 0.25) is 5.91 Å². The smallest absolute Gasteiger partial charge is 0.238 e. The van der Waals surface area contributed by atoms with Gasteiger partial charge in [-0.05, 0) is 25.0 Å². The molecule has 2 N–H and O–H groups in total. The van der Waals surface area contributed by atoms with Crippen molar-refractivity contribution >= 4 is 34.8 Å². The van der Waals surface area contributed by atoms with E-state index in [2.05, 4.69) is 10.6 Å². The van der Waals surface area contributed by atoms with Gasteiger partial charge in [0.25, 0.3) is 0 Å². The molecule has 0 radical (unpaired) electrons. The van der Waals surface area contributed by atoms with Crippen LogP contribution in [0.25, 0.3) is 0 Å². The van der Waals surface area contributed by atoms with Crippen LogP contribution >= 0.6 is 23.2 Å². The Morgan fingerprint density at radius 3 is 2.24 bits per heavy atom. The van der Waals surface area contributed by atoms with Gasteiger partial charge in [-0.2, -0.15) is 0 Å². The fraction of sp³-hybridized carbons (Fsp3) is 0.562. The van der Waals surface area contributed by atoms with E-state index >= 15 is 0 Å². The summed E-state index contributed by atoms with van der Waals surface area (Å²) in [6.07, 6.45) is 8.75. The summed E-state index contributed by atoms with van der Waals surface area (Å²) in [6, 6.07) is 5.63. The average molecular weight is 329 g/mol. The summed E-state index contributed by atoms with van der Waals surface area (Å²) in [6.45, 7) is 0.298. The molecule has 0 bridgehead atoms. The number of benzene rings is 1. The number of para-hydroxylation sites is 1. The van der Waals surface area contributed by atoms with Crippen LogP contribution in [-0.4, -0.2) is 18.5 Å². The van der Waals surface area contributed by atoms with E-state index in [9.17, 15) is 4.79 Å². The third kappa shape index (κ3) is 5.50. The fourth-order valence-electron chi connectivity index (χ4n) is 2.70. The Morgan fingerprint density at radius 2 is 1.62 bits per heavy atom. The van der Waals surface area contributed by atoms with E-state index in [0.29, 0.717) is 28.3 Å². The van der Waals surface area contributed by atoms with Crippen molar-refractivity contribution < 1.29 is 4.79 Å². The molecule has 1 amide bonds. The van der Waals surface area contributed by atoms with Crippen molar-refractivity contribution in [1.29, 1.82) is 0 Å². The van der Waals surface area contributed by atoms with Gasteiger partial charge in [0, 0.05) is 6.04 Å². The summed E-state index contributed by atoms with van der Waals surface area (Å²) < 4.78 is 0. The fourth-order valence-corrected chi connectivity index (χ4v) is 3.19. The van der Waals surface area contributed by atoms with Crippen LogP contribution in [0.1, 0.15) is 44.9 Å². The minimum atomic E-state index is -0.105. The van der Waals surface area contributed by atoms with Gasteiger partial charge >= 0.3 is 0 Å². The van der Waals surface area contributed by atoms with Crippen LogP contribution in [0.3, 0.4) is 0 Å². The van der Waals surface area contributed by atoms with Gasteiger partial charge < -0.3 is 10.6 Å². The van der Waals surface area contributed by atoms with E-state index < -0.39 is 0 Å². The number of nitrogens with one attached hydrogen (secondary N) is 2. The molecule has 1 aromatic rings. The Labute approximate surface area is 136 Å². The topological polar surface area (TPSA) is 41.1 Å². The first-order valence-electron chi connectivity index (χ1n) is 7.64. The summed E-state index contributed by atoms with van der Waals surface area (Å²) >= 11 is 12.1. The largest absolute Gasteiger partial charge is 0.322 e. The van der Waals surface area contributed by atoms with E-state index in [1.807, 2.05) is 0 Å². The summed E-state index contributed by atoms with van der Waals surface area (Å²) in [5.74, 6) is -0.105. The predicted molar refractivity (Wildman–Crippen MR) is 89.2 cm³/mol. The van der Waals surface area contributed by atoms with E-state index in [0.717, 1.165) is 12.8 Å². The van der Waals surface area contributed by atoms with Crippen LogP contribution in [0.15, 0.2) is 18.2 Å². The maximum atomic E-state index is 12.0. The molecule has 0 spiro atoms. The molecule has 2 rings (SSSR count). The van der Waals surface area contributed by atoms with Crippen LogP contribution in [0.4, 0.5) is 5.69 Å². The normalized spacial score (nSPS) is 17.0. The first kappa shape index (κ1) is 16.6. The Kier molecular flexibility index (Phi) is 6.81. The Bertz CT molecular complexity index is 451. The molecular weight excluding hydrogens is 307 g/mol. The van der Waals surface area contributed by atoms with Gasteiger partial charge in [0.05, 0.1) is 22.3 Å². The lowest BCUT2D eigenvalue weighted by molar-refractivity contribution is -0.115. The van der Waals surface area contributed by atoms with Gasteiger partial charge in [-0.15, -0.1) is 0 Å². The first-order chi connectivity index (χ1) is 10.2. The summed E-state index contributed by atoms with van der Waals surface area (Å²) in [4.78, 5) is 12.0. The van der Waals surface area contributed by atoms with Gasteiger partial charge in [-0.1, -0.05) is 61.4 Å². The molecule has 5 heteroatoms. The lowest BCUT2D eigenvalue weighted by Crippen LogP contribution is -2.36. The number of halogens is 2. The standard InChI is InChI=1S/C16H22Cl2N2O/c17-13-9-6-10-14(18)16(13)20-15(21)11-19-12-7-4-2-1-3-5-8-12/h6,9-10,12,19H,1-5,7-8,11H2,(H,20,21). The Hall–Kier alpha value is -0.770. The number of carbonyl (C=O) groups is 1. The van der Waals surface area contributed by atoms with Crippen LogP contribution in [0.2, 0.25) is 10.0 Å². The zero-order valence-corrected chi connectivity index (χ0v) is 13.6. The Morgan fingerprint density at radius 1 is 1.05 bits per heavy atom. The molecule has 0 saturated heterocycles. The van der Waals surface area contributed by atoms with E-state index in [-0.39, 0.29) is 5.91 Å². The molecule has 1 saturated carbocycles. The third-order valence-corrected chi connectivity index (χ3v) is 4.51. The lowest BCUT2D eigenvalue weighted by atomic mass is 9.97. The SMILES string of the molecule is O=C(CNC1CCCCCCC1)Nc1c(Cl)cccc1Cl. The van der Waals surface area contributed by atoms with Crippen molar-refractivity contribution in [3.05, 3.63) is 28.2 Å². The quantitative estimate of drug-likeness (QED) is 0.845. The van der Waals surface area contributed by atoms with Gasteiger partial charge in [-0.3, -0.25) is 4.79 Å². The second-order valence-electron chi connectivity index (χ2n) is 5.57. The number of amides is 1. The van der Waals surface area contributed by atoms with Crippen molar-refractivity contribution in [3.63, 3.8) is 0 Å². The molecule has 116 valence electrons. The summed E-state index contributed by atoms with van der Waals surface area (Å²) in [5.41, 5.74) is 0.491. The molecule has 21 heavy (non-hydrogen) atoms. The molecule has 0 heterocycles. The van der Waals surface area contributed by atoms with E-state index in [1.54, 1.807) is 18.2 Å². The minimum Gasteiger partial charge on any atom is -0.322 e. The number of hydrogen-bond acceptors (Lipinski definition) is 2. The van der Waals surface area contributed by atoms with Crippen LogP contribution in [-0.2, 0) is 4.79 Å². The molecule has 0 aliphatic heterocycles. The van der Waals surface area contributed by atoms with E-state index in [1.165, 1.54) is 32.1 Å². The van der Waals surface area contributed by atoms with Gasteiger partial charge in [0.15, 0.2) is 0 Å². The highest BCUT2D eigenvalue weighted by Gasteiger charge is 2.14. The zero-order valence-electron chi connectivity index (χ0n) is 12.1. The highest BCUT2D eigenvalue weighted by molar-refractivity contribution is 6.39. The van der Waals surface area contributed by atoms with Crippen molar-refractivity contribution in [2.45, 2.75) is 51.0 Å². The lowest BCUT2D eigenvalue weighted by Gasteiger charge is -2.21. The molecule has 0 aromatic heterocycles. The van der Waals surface area contributed by atoms with Crippen LogP contribution in [0, 0.1) is 0 Å². The highest BCUT2D eigenvalue weighted by atomic mass is 35.5. The number of hydrogen-bond donors (Lipinski definition) is 2. The van der Waals surface area contributed by atoms with Crippen LogP contribution in [0.5, 0.6) is 0 Å². The second kappa shape index (κ2) is 8.62. The monoisotopic (exact) mass is 328 g/mol. The summed E-state index contributed by atoms with van der Waals surface area (Å²) in [7, 11) is 0. The Balaban J connectivity index is 1.81. The number of carbonyl (C=O) groups excluding carboxylic acids is 1.